The van der Waals surface area contributed by atoms with Crippen molar-refractivity contribution < 1.29 is 4.74 Å². The van der Waals surface area contributed by atoms with Crippen molar-refractivity contribution in [3.8, 4) is 11.8 Å². The third kappa shape index (κ3) is 3.31. The first-order valence-corrected chi connectivity index (χ1v) is 6.22. The van der Waals surface area contributed by atoms with Gasteiger partial charge in [0.2, 0.25) is 0 Å². The maximum atomic E-state index is 8.75. The highest BCUT2D eigenvalue weighted by molar-refractivity contribution is 6.33. The van der Waals surface area contributed by atoms with Gasteiger partial charge in [-0.25, -0.2) is 0 Å². The smallest absolute Gasteiger partial charge is 0.142 e. The Bertz CT molecular complexity index is 650. The molecule has 2 rings (SSSR count). The van der Waals surface area contributed by atoms with Crippen LogP contribution >= 0.6 is 23.2 Å². The quantitative estimate of drug-likeness (QED) is 0.869. The van der Waals surface area contributed by atoms with E-state index < -0.39 is 0 Å². The summed E-state index contributed by atoms with van der Waals surface area (Å²) in [6.07, 6.45) is 0. The van der Waals surface area contributed by atoms with Gasteiger partial charge in [-0.1, -0.05) is 23.2 Å². The summed E-state index contributed by atoms with van der Waals surface area (Å²) in [6, 6.07) is 12.0. The van der Waals surface area contributed by atoms with Crippen molar-refractivity contribution in [2.45, 2.75) is 6.61 Å². The molecule has 0 aliphatic carbocycles. The summed E-state index contributed by atoms with van der Waals surface area (Å²) in [5.41, 5.74) is 7.48. The Labute approximate surface area is 121 Å². The Hall–Kier alpha value is -1.89. The zero-order chi connectivity index (χ0) is 13.8. The van der Waals surface area contributed by atoms with Gasteiger partial charge >= 0.3 is 0 Å². The van der Waals surface area contributed by atoms with Crippen LogP contribution in [0, 0.1) is 11.3 Å². The lowest BCUT2D eigenvalue weighted by atomic mass is 10.2. The molecule has 0 spiro atoms. The molecule has 0 unspecified atom stereocenters. The van der Waals surface area contributed by atoms with E-state index in [-0.39, 0.29) is 6.61 Å². The summed E-state index contributed by atoms with van der Waals surface area (Å²) < 4.78 is 5.58. The Morgan fingerprint density at radius 3 is 2.63 bits per heavy atom. The molecular formula is C14H10Cl2N2O. The second-order valence-corrected chi connectivity index (χ2v) is 4.73. The molecule has 0 amide bonds. The summed E-state index contributed by atoms with van der Waals surface area (Å²) in [6.45, 7) is 0.259. The molecule has 19 heavy (non-hydrogen) atoms. The molecule has 3 nitrogen and oxygen atoms in total. The van der Waals surface area contributed by atoms with E-state index in [1.165, 1.54) is 0 Å². The predicted molar refractivity (Wildman–Crippen MR) is 76.4 cm³/mol. The summed E-state index contributed by atoms with van der Waals surface area (Å²) in [5.74, 6) is 0.509. The van der Waals surface area contributed by atoms with Crippen LogP contribution in [0.15, 0.2) is 36.4 Å². The second kappa shape index (κ2) is 5.83. The third-order valence-corrected chi connectivity index (χ3v) is 3.13. The van der Waals surface area contributed by atoms with Gasteiger partial charge in [0.25, 0.3) is 0 Å². The lowest BCUT2D eigenvalue weighted by Gasteiger charge is -2.10. The lowest BCUT2D eigenvalue weighted by molar-refractivity contribution is 0.308. The van der Waals surface area contributed by atoms with E-state index in [1.54, 1.807) is 36.4 Å². The Kier molecular flexibility index (Phi) is 4.16. The largest absolute Gasteiger partial charge is 0.487 e. The highest BCUT2D eigenvalue weighted by Gasteiger charge is 2.05. The molecule has 0 bridgehead atoms. The molecule has 5 heteroatoms. The van der Waals surface area contributed by atoms with Gasteiger partial charge in [0.1, 0.15) is 12.4 Å². The minimum atomic E-state index is 0.259. The van der Waals surface area contributed by atoms with Crippen LogP contribution in [-0.4, -0.2) is 0 Å². The molecule has 2 aromatic carbocycles. The molecule has 2 aromatic rings. The summed E-state index contributed by atoms with van der Waals surface area (Å²) >= 11 is 11.9. The normalized spacial score (nSPS) is 9.95. The zero-order valence-electron chi connectivity index (χ0n) is 9.86. The van der Waals surface area contributed by atoms with Crippen LogP contribution in [0.3, 0.4) is 0 Å². The first-order chi connectivity index (χ1) is 9.10. The number of hydrogen-bond acceptors (Lipinski definition) is 3. The molecule has 0 fully saturated rings. The summed E-state index contributed by atoms with van der Waals surface area (Å²) in [5, 5.41) is 9.92. The van der Waals surface area contributed by atoms with Crippen molar-refractivity contribution in [2.24, 2.45) is 0 Å². The number of nitrogen functional groups attached to an aromatic ring is 1. The molecule has 0 heterocycles. The minimum absolute atomic E-state index is 0.259. The molecule has 0 saturated heterocycles. The average Bonchev–Trinajstić information content (AvgIpc) is 2.40. The number of hydrogen-bond donors (Lipinski definition) is 1. The average molecular weight is 293 g/mol. The van der Waals surface area contributed by atoms with E-state index in [0.717, 1.165) is 5.56 Å². The zero-order valence-corrected chi connectivity index (χ0v) is 11.4. The number of benzene rings is 2. The highest BCUT2D eigenvalue weighted by Crippen LogP contribution is 2.26. The standard InChI is InChI=1S/C14H10Cl2N2O/c15-11-2-3-12(16)10(6-11)8-19-14-4-1-9(7-17)5-13(14)18/h1-6H,8,18H2. The molecular weight excluding hydrogens is 283 g/mol. The number of rotatable bonds is 3. The van der Waals surface area contributed by atoms with Crippen molar-refractivity contribution in [2.75, 3.05) is 5.73 Å². The van der Waals surface area contributed by atoms with Gasteiger partial charge in [0, 0.05) is 15.6 Å². The Morgan fingerprint density at radius 2 is 1.95 bits per heavy atom. The van der Waals surface area contributed by atoms with Gasteiger partial charge in [0.05, 0.1) is 17.3 Å². The van der Waals surface area contributed by atoms with Gasteiger partial charge in [0.15, 0.2) is 0 Å². The SMILES string of the molecule is N#Cc1ccc(OCc2cc(Cl)ccc2Cl)c(N)c1. The molecule has 0 atom stereocenters. The van der Waals surface area contributed by atoms with Gasteiger partial charge in [-0.3, -0.25) is 0 Å². The number of anilines is 1. The Balaban J connectivity index is 2.15. The van der Waals surface area contributed by atoms with Crippen molar-refractivity contribution in [3.05, 3.63) is 57.6 Å². The van der Waals surface area contributed by atoms with E-state index in [1.807, 2.05) is 6.07 Å². The topological polar surface area (TPSA) is 59.0 Å². The molecule has 0 radical (unpaired) electrons. The van der Waals surface area contributed by atoms with Crippen LogP contribution in [0.2, 0.25) is 10.0 Å². The fraction of sp³-hybridized carbons (Fsp3) is 0.0714. The minimum Gasteiger partial charge on any atom is -0.487 e. The number of nitriles is 1. The van der Waals surface area contributed by atoms with Crippen molar-refractivity contribution in [3.63, 3.8) is 0 Å². The van der Waals surface area contributed by atoms with Gasteiger partial charge < -0.3 is 10.5 Å². The van der Waals surface area contributed by atoms with Crippen molar-refractivity contribution in [1.29, 1.82) is 5.26 Å². The fourth-order valence-corrected chi connectivity index (χ4v) is 1.93. The first kappa shape index (κ1) is 13.5. The van der Waals surface area contributed by atoms with Crippen LogP contribution in [0.1, 0.15) is 11.1 Å². The van der Waals surface area contributed by atoms with E-state index >= 15 is 0 Å². The van der Waals surface area contributed by atoms with E-state index in [2.05, 4.69) is 0 Å². The monoisotopic (exact) mass is 292 g/mol. The van der Waals surface area contributed by atoms with Gasteiger partial charge in [-0.05, 0) is 36.4 Å². The van der Waals surface area contributed by atoms with Crippen molar-refractivity contribution in [1.82, 2.24) is 0 Å². The molecule has 0 aromatic heterocycles. The summed E-state index contributed by atoms with van der Waals surface area (Å²) in [7, 11) is 0. The summed E-state index contributed by atoms with van der Waals surface area (Å²) in [4.78, 5) is 0. The van der Waals surface area contributed by atoms with E-state index in [9.17, 15) is 0 Å². The van der Waals surface area contributed by atoms with Crippen LogP contribution in [0.5, 0.6) is 5.75 Å². The van der Waals surface area contributed by atoms with E-state index in [0.29, 0.717) is 27.0 Å². The molecule has 2 N–H and O–H groups in total. The lowest BCUT2D eigenvalue weighted by Crippen LogP contribution is -1.99. The predicted octanol–water partition coefficient (Wildman–Crippen LogP) is 4.03. The third-order valence-electron chi connectivity index (χ3n) is 2.53. The van der Waals surface area contributed by atoms with Crippen LogP contribution in [0.25, 0.3) is 0 Å². The highest BCUT2D eigenvalue weighted by atomic mass is 35.5. The molecule has 0 aliphatic heterocycles. The fourth-order valence-electron chi connectivity index (χ4n) is 1.56. The second-order valence-electron chi connectivity index (χ2n) is 3.89. The molecule has 0 saturated carbocycles. The molecule has 96 valence electrons. The number of ether oxygens (including phenoxy) is 1. The maximum Gasteiger partial charge on any atom is 0.142 e. The number of nitrogens with two attached hydrogens (primary N) is 1. The molecule has 0 aliphatic rings. The van der Waals surface area contributed by atoms with Crippen LogP contribution in [0.4, 0.5) is 5.69 Å². The number of nitrogens with zero attached hydrogens (tertiary/aromatic N) is 1. The van der Waals surface area contributed by atoms with Crippen molar-refractivity contribution >= 4 is 28.9 Å². The maximum absolute atomic E-state index is 8.75. The van der Waals surface area contributed by atoms with Gasteiger partial charge in [-0.15, -0.1) is 0 Å². The van der Waals surface area contributed by atoms with E-state index in [4.69, 9.17) is 38.9 Å². The number of halogens is 2. The Morgan fingerprint density at radius 1 is 1.16 bits per heavy atom. The van der Waals surface area contributed by atoms with Gasteiger partial charge in [-0.2, -0.15) is 5.26 Å². The van der Waals surface area contributed by atoms with Crippen LogP contribution in [-0.2, 0) is 6.61 Å². The first-order valence-electron chi connectivity index (χ1n) is 5.46. The van der Waals surface area contributed by atoms with Crippen LogP contribution < -0.4 is 10.5 Å².